The molecule has 2 rings (SSSR count). The Morgan fingerprint density at radius 1 is 0.524 bits per heavy atom. The SMILES string of the molecule is CC(C)C[C@H](NC(=O)[C@H](CCCN=C(N)N)NC(=O)[C@@H]1CCCN1C(=O)CNC(=O)[C@H](CCCN=C(N)N)NC(=O)[C@H](CCCN=C(N)N)NC(=O)[C@@H]1CCCN1)C(=O)NCC(=O)N[C@H](C(=O)N[C@@H](CCCN=C(N)N)C(=O)O)C(C)C. The maximum atomic E-state index is 14.1. The number of carbonyl (C=O) groups excluding carboxylic acids is 9. The van der Waals surface area contributed by atoms with Crippen LogP contribution in [0.1, 0.15) is 111 Å². The van der Waals surface area contributed by atoms with Gasteiger partial charge >= 0.3 is 5.97 Å². The average Bonchev–Trinajstić information content (AvgIpc) is 4.22. The number of amides is 9. The Morgan fingerprint density at radius 2 is 0.963 bits per heavy atom. The Kier molecular flexibility index (Phi) is 31.4. The molecule has 0 saturated carbocycles. The molecular formula is C49H90N22O11. The second-order valence-corrected chi connectivity index (χ2v) is 20.7. The van der Waals surface area contributed by atoms with Crippen LogP contribution in [-0.4, -0.2) is 194 Å². The number of hydrogen-bond acceptors (Lipinski definition) is 15. The van der Waals surface area contributed by atoms with E-state index in [1.54, 1.807) is 27.7 Å². The van der Waals surface area contributed by atoms with Gasteiger partial charge in [0.25, 0.3) is 0 Å². The lowest BCUT2D eigenvalue weighted by atomic mass is 10.0. The molecule has 0 spiro atoms. The molecule has 82 heavy (non-hydrogen) atoms. The fourth-order valence-corrected chi connectivity index (χ4v) is 8.81. The number of rotatable bonds is 37. The second-order valence-electron chi connectivity index (χ2n) is 20.7. The molecule has 0 aliphatic carbocycles. The normalized spacial score (nSPS) is 16.8. The molecule has 26 N–H and O–H groups in total. The average molecular weight is 1160 g/mol. The molecule has 33 nitrogen and oxygen atoms in total. The first kappa shape index (κ1) is 69.8. The number of guanidine groups is 4. The lowest BCUT2D eigenvalue weighted by Gasteiger charge is -2.28. The van der Waals surface area contributed by atoms with E-state index < -0.39 is 126 Å². The molecule has 9 amide bonds. The van der Waals surface area contributed by atoms with Crippen molar-refractivity contribution < 1.29 is 53.1 Å². The van der Waals surface area contributed by atoms with Crippen LogP contribution in [-0.2, 0) is 47.9 Å². The lowest BCUT2D eigenvalue weighted by Crippen LogP contribution is -2.58. The number of nitrogens with zero attached hydrogens (tertiary/aromatic N) is 5. The van der Waals surface area contributed by atoms with Gasteiger partial charge in [0.2, 0.25) is 53.2 Å². The molecule has 2 heterocycles. The van der Waals surface area contributed by atoms with E-state index in [1.807, 2.05) is 0 Å². The summed E-state index contributed by atoms with van der Waals surface area (Å²) in [6.45, 7) is 6.80. The van der Waals surface area contributed by atoms with Crippen molar-refractivity contribution >= 4 is 83.0 Å². The fraction of sp³-hybridized carbons (Fsp3) is 0.714. The predicted molar refractivity (Wildman–Crippen MR) is 305 cm³/mol. The zero-order valence-corrected chi connectivity index (χ0v) is 47.5. The van der Waals surface area contributed by atoms with Crippen molar-refractivity contribution in [3.05, 3.63) is 0 Å². The third-order valence-electron chi connectivity index (χ3n) is 13.0. The summed E-state index contributed by atoms with van der Waals surface area (Å²) in [6, 6.07) is -8.98. The molecule has 0 unspecified atom stereocenters. The summed E-state index contributed by atoms with van der Waals surface area (Å²) in [4.78, 5) is 152. The first-order chi connectivity index (χ1) is 38.7. The highest BCUT2D eigenvalue weighted by Crippen LogP contribution is 2.19. The van der Waals surface area contributed by atoms with E-state index in [1.165, 1.54) is 4.90 Å². The largest absolute Gasteiger partial charge is 0.480 e. The van der Waals surface area contributed by atoms with Crippen LogP contribution < -0.4 is 93.7 Å². The van der Waals surface area contributed by atoms with E-state index in [-0.39, 0.29) is 120 Å². The first-order valence-electron chi connectivity index (χ1n) is 27.5. The minimum atomic E-state index is -1.31. The molecule has 0 bridgehead atoms. The number of nitrogens with two attached hydrogens (primary N) is 8. The summed E-state index contributed by atoms with van der Waals surface area (Å²) in [5.41, 5.74) is 43.6. The standard InChI is InChI=1S/C49H90N22O11/c1-26(2)23-33(39(75)63-24-35(72)70-37(27(3)4)44(80)68-32(45(81)82)15-9-21-62-49(56)57)69-42(78)31(14-8-20-61-48(54)55)67-43(79)34-16-10-22-71(34)36(73)25-64-38(74)29(12-6-18-59-46(50)51)65-41(77)30(13-7-19-60-47(52)53)66-40(76)28-11-5-17-58-28/h26-34,37,58H,5-25H2,1-4H3,(H,63,75)(H,64,74)(H,65,77)(H,66,76)(H,67,79)(H,68,80)(H,69,78)(H,70,72)(H,81,82)(H4,50,51,59)(H4,52,53,60)(H4,54,55,61)(H4,56,57,62)/t28-,29-,30-,31-,32-,33-,34-,37-/m0/s1. The molecule has 2 aliphatic rings. The topological polar surface area (TPSA) is 560 Å². The Bertz CT molecular complexity index is 2280. The van der Waals surface area contributed by atoms with E-state index in [0.29, 0.717) is 25.8 Å². The molecule has 2 aliphatic heterocycles. The van der Waals surface area contributed by atoms with E-state index in [2.05, 4.69) is 67.8 Å². The van der Waals surface area contributed by atoms with Crippen LogP contribution in [0.3, 0.4) is 0 Å². The molecule has 2 fully saturated rings. The molecule has 0 aromatic rings. The van der Waals surface area contributed by atoms with Gasteiger partial charge in [-0.05, 0) is 102 Å². The minimum Gasteiger partial charge on any atom is -0.480 e. The van der Waals surface area contributed by atoms with Crippen LogP contribution in [0.5, 0.6) is 0 Å². The van der Waals surface area contributed by atoms with Gasteiger partial charge in [0, 0.05) is 32.7 Å². The van der Waals surface area contributed by atoms with E-state index in [9.17, 15) is 53.1 Å². The quantitative estimate of drug-likeness (QED) is 0.0156. The number of carboxylic acid groups (broad SMARTS) is 1. The van der Waals surface area contributed by atoms with Crippen LogP contribution in [0, 0.1) is 11.8 Å². The number of aliphatic imine (C=N–C) groups is 4. The molecular weight excluding hydrogens is 1070 g/mol. The third-order valence-corrected chi connectivity index (χ3v) is 13.0. The summed E-state index contributed by atoms with van der Waals surface area (Å²) in [5, 5.41) is 33.6. The highest BCUT2D eigenvalue weighted by atomic mass is 16.4. The molecule has 0 aromatic heterocycles. The van der Waals surface area contributed by atoms with Gasteiger partial charge in [0.1, 0.15) is 42.3 Å². The maximum absolute atomic E-state index is 14.1. The van der Waals surface area contributed by atoms with Crippen LogP contribution in [0.15, 0.2) is 20.0 Å². The number of nitrogens with one attached hydrogen (secondary N) is 9. The smallest absolute Gasteiger partial charge is 0.326 e. The molecule has 8 atom stereocenters. The van der Waals surface area contributed by atoms with Crippen molar-refractivity contribution in [2.24, 2.45) is 77.7 Å². The molecule has 0 radical (unpaired) electrons. The van der Waals surface area contributed by atoms with Gasteiger partial charge in [0.05, 0.1) is 19.1 Å². The van der Waals surface area contributed by atoms with Crippen molar-refractivity contribution in [2.75, 3.05) is 52.4 Å². The number of aliphatic carboxylic acids is 1. The monoisotopic (exact) mass is 1160 g/mol. The maximum Gasteiger partial charge on any atom is 0.326 e. The van der Waals surface area contributed by atoms with Crippen molar-refractivity contribution in [3.63, 3.8) is 0 Å². The number of carbonyl (C=O) groups is 10. The van der Waals surface area contributed by atoms with Crippen molar-refractivity contribution in [1.29, 1.82) is 0 Å². The van der Waals surface area contributed by atoms with Crippen molar-refractivity contribution in [1.82, 2.24) is 52.8 Å². The van der Waals surface area contributed by atoms with Crippen LogP contribution >= 0.6 is 0 Å². The predicted octanol–water partition coefficient (Wildman–Crippen LogP) is -7.13. The van der Waals surface area contributed by atoms with Crippen molar-refractivity contribution in [2.45, 2.75) is 160 Å². The zero-order chi connectivity index (χ0) is 61.5. The second kappa shape index (κ2) is 36.9. The van der Waals surface area contributed by atoms with E-state index in [4.69, 9.17) is 45.9 Å². The van der Waals surface area contributed by atoms with Gasteiger partial charge in [-0.3, -0.25) is 63.1 Å². The van der Waals surface area contributed by atoms with Crippen LogP contribution in [0.2, 0.25) is 0 Å². The van der Waals surface area contributed by atoms with Crippen LogP contribution in [0.4, 0.5) is 0 Å². The Balaban J connectivity index is 2.23. The molecule has 33 heteroatoms. The fourth-order valence-electron chi connectivity index (χ4n) is 8.81. The summed E-state index contributed by atoms with van der Waals surface area (Å²) in [6.07, 6.45) is 3.01. The lowest BCUT2D eigenvalue weighted by molar-refractivity contribution is -0.142. The highest BCUT2D eigenvalue weighted by molar-refractivity contribution is 5.98. The highest BCUT2D eigenvalue weighted by Gasteiger charge is 2.38. The first-order valence-corrected chi connectivity index (χ1v) is 27.5. The van der Waals surface area contributed by atoms with Gasteiger partial charge in [-0.15, -0.1) is 0 Å². The van der Waals surface area contributed by atoms with Gasteiger partial charge < -0.3 is 104 Å². The number of carboxylic acids is 1. The van der Waals surface area contributed by atoms with Crippen LogP contribution in [0.25, 0.3) is 0 Å². The van der Waals surface area contributed by atoms with Gasteiger partial charge in [-0.2, -0.15) is 0 Å². The molecule has 462 valence electrons. The van der Waals surface area contributed by atoms with Crippen molar-refractivity contribution in [3.8, 4) is 0 Å². The van der Waals surface area contributed by atoms with Gasteiger partial charge in [0.15, 0.2) is 23.8 Å². The van der Waals surface area contributed by atoms with E-state index in [0.717, 1.165) is 6.42 Å². The molecule has 0 aromatic carbocycles. The number of hydrogen-bond donors (Lipinski definition) is 18. The zero-order valence-electron chi connectivity index (χ0n) is 47.5. The summed E-state index contributed by atoms with van der Waals surface area (Å²) < 4.78 is 0. The Morgan fingerprint density at radius 3 is 1.41 bits per heavy atom. The Labute approximate surface area is 477 Å². The third kappa shape index (κ3) is 27.3. The van der Waals surface area contributed by atoms with Gasteiger partial charge in [-0.1, -0.05) is 27.7 Å². The number of likely N-dealkylation sites (tertiary alicyclic amines) is 1. The minimum absolute atomic E-state index is 0.00972. The summed E-state index contributed by atoms with van der Waals surface area (Å²) in [7, 11) is 0. The molecule has 2 saturated heterocycles. The van der Waals surface area contributed by atoms with Gasteiger partial charge in [-0.25, -0.2) is 4.79 Å². The summed E-state index contributed by atoms with van der Waals surface area (Å²) in [5.74, 6) is -9.05. The Hall–Kier alpha value is -8.26. The summed E-state index contributed by atoms with van der Waals surface area (Å²) >= 11 is 0. The van der Waals surface area contributed by atoms with E-state index >= 15 is 0 Å².